The molecule has 2 rings (SSSR count). The summed E-state index contributed by atoms with van der Waals surface area (Å²) in [4.78, 5) is 12.1. The molecule has 20 heavy (non-hydrogen) atoms. The van der Waals surface area contributed by atoms with Gasteiger partial charge in [-0.05, 0) is 31.9 Å². The topological polar surface area (TPSA) is 38.3 Å². The van der Waals surface area contributed by atoms with Crippen LogP contribution in [0.15, 0.2) is 22.7 Å². The molecule has 1 unspecified atom stereocenters. The average Bonchev–Trinajstić information content (AvgIpc) is 2.39. The molecule has 1 atom stereocenters. The fourth-order valence-electron chi connectivity index (χ4n) is 2.16. The quantitative estimate of drug-likeness (QED) is 0.912. The van der Waals surface area contributed by atoms with Crippen molar-refractivity contribution in [2.45, 2.75) is 31.5 Å². The van der Waals surface area contributed by atoms with Crippen LogP contribution in [-0.2, 0) is 15.2 Å². The summed E-state index contributed by atoms with van der Waals surface area (Å²) >= 11 is 3.10. The van der Waals surface area contributed by atoms with Gasteiger partial charge in [-0.25, -0.2) is 8.78 Å². The van der Waals surface area contributed by atoms with Crippen molar-refractivity contribution in [2.24, 2.45) is 0 Å². The molecule has 1 aromatic carbocycles. The highest BCUT2D eigenvalue weighted by molar-refractivity contribution is 9.10. The van der Waals surface area contributed by atoms with Gasteiger partial charge in [0.2, 0.25) is 5.67 Å². The maximum Gasteiger partial charge on any atom is 0.262 e. The Morgan fingerprint density at radius 1 is 1.45 bits per heavy atom. The second-order valence-electron chi connectivity index (χ2n) is 4.99. The van der Waals surface area contributed by atoms with E-state index in [1.807, 2.05) is 0 Å². The number of carbonyl (C=O) groups excluding carboxylic acids is 1. The van der Waals surface area contributed by atoms with E-state index in [4.69, 9.17) is 4.74 Å². The summed E-state index contributed by atoms with van der Waals surface area (Å²) in [5.41, 5.74) is -2.66. The van der Waals surface area contributed by atoms with Crippen LogP contribution in [0.2, 0.25) is 0 Å². The van der Waals surface area contributed by atoms with E-state index in [0.29, 0.717) is 30.5 Å². The third-order valence-electron chi connectivity index (χ3n) is 3.42. The third-order valence-corrected chi connectivity index (χ3v) is 3.91. The summed E-state index contributed by atoms with van der Waals surface area (Å²) in [6.07, 6.45) is 1.29. The molecule has 1 aromatic rings. The Labute approximate surface area is 124 Å². The van der Waals surface area contributed by atoms with E-state index in [1.54, 1.807) is 0 Å². The lowest BCUT2D eigenvalue weighted by atomic mass is 9.95. The maximum atomic E-state index is 14.7. The first kappa shape index (κ1) is 15.4. The zero-order valence-corrected chi connectivity index (χ0v) is 12.7. The van der Waals surface area contributed by atoms with Gasteiger partial charge in [0.15, 0.2) is 0 Å². The Morgan fingerprint density at radius 2 is 2.10 bits per heavy atom. The number of hydrogen-bond acceptors (Lipinski definition) is 2. The number of benzene rings is 1. The van der Waals surface area contributed by atoms with Crippen molar-refractivity contribution in [3.8, 4) is 0 Å². The predicted molar refractivity (Wildman–Crippen MR) is 74.5 cm³/mol. The normalized spacial score (nSPS) is 19.4. The maximum absolute atomic E-state index is 14.7. The van der Waals surface area contributed by atoms with Crippen LogP contribution in [0.5, 0.6) is 0 Å². The third kappa shape index (κ3) is 3.35. The van der Waals surface area contributed by atoms with Gasteiger partial charge in [-0.3, -0.25) is 4.79 Å². The zero-order valence-electron chi connectivity index (χ0n) is 11.1. The lowest BCUT2D eigenvalue weighted by Crippen LogP contribution is -2.46. The molecule has 1 fully saturated rings. The second-order valence-corrected chi connectivity index (χ2v) is 5.90. The molecule has 0 aromatic heterocycles. The summed E-state index contributed by atoms with van der Waals surface area (Å²) in [5.74, 6) is -1.56. The number of nitrogens with one attached hydrogen (secondary N) is 1. The van der Waals surface area contributed by atoms with E-state index in [9.17, 15) is 13.6 Å². The van der Waals surface area contributed by atoms with Gasteiger partial charge in [-0.2, -0.15) is 0 Å². The van der Waals surface area contributed by atoms with Crippen molar-refractivity contribution in [3.05, 3.63) is 34.1 Å². The molecule has 1 N–H and O–H groups in total. The van der Waals surface area contributed by atoms with Crippen LogP contribution in [0.4, 0.5) is 8.78 Å². The van der Waals surface area contributed by atoms with E-state index < -0.39 is 17.4 Å². The number of rotatable bonds is 3. The van der Waals surface area contributed by atoms with E-state index in [-0.39, 0.29) is 11.6 Å². The van der Waals surface area contributed by atoms with Crippen LogP contribution >= 0.6 is 15.9 Å². The molecule has 0 bridgehead atoms. The Hall–Kier alpha value is -1.01. The molecule has 110 valence electrons. The van der Waals surface area contributed by atoms with E-state index in [1.165, 1.54) is 12.1 Å². The van der Waals surface area contributed by atoms with Gasteiger partial charge < -0.3 is 10.1 Å². The fraction of sp³-hybridized carbons (Fsp3) is 0.500. The van der Waals surface area contributed by atoms with Crippen molar-refractivity contribution in [3.63, 3.8) is 0 Å². The van der Waals surface area contributed by atoms with Gasteiger partial charge in [-0.1, -0.05) is 22.0 Å². The van der Waals surface area contributed by atoms with Gasteiger partial charge >= 0.3 is 0 Å². The van der Waals surface area contributed by atoms with Crippen molar-refractivity contribution in [2.75, 3.05) is 13.2 Å². The zero-order chi connectivity index (χ0) is 14.8. The number of halogens is 3. The SMILES string of the molecule is CC(F)(C(=O)NC1CCOCC1)c1ccc(Br)cc1F. The first-order valence-corrected chi connectivity index (χ1v) is 7.23. The van der Waals surface area contributed by atoms with Crippen molar-refractivity contribution in [1.29, 1.82) is 0 Å². The first-order chi connectivity index (χ1) is 9.41. The van der Waals surface area contributed by atoms with Crippen LogP contribution in [0.25, 0.3) is 0 Å². The minimum absolute atomic E-state index is 0.121. The largest absolute Gasteiger partial charge is 0.381 e. The Kier molecular flexibility index (Phi) is 4.75. The minimum Gasteiger partial charge on any atom is -0.381 e. The number of ether oxygens (including phenoxy) is 1. The predicted octanol–water partition coefficient (Wildman–Crippen LogP) is 3.07. The monoisotopic (exact) mass is 347 g/mol. The lowest BCUT2D eigenvalue weighted by molar-refractivity contribution is -0.134. The smallest absolute Gasteiger partial charge is 0.262 e. The fourth-order valence-corrected chi connectivity index (χ4v) is 2.49. The average molecular weight is 348 g/mol. The molecule has 1 amide bonds. The second kappa shape index (κ2) is 6.18. The lowest BCUT2D eigenvalue weighted by Gasteiger charge is -2.27. The van der Waals surface area contributed by atoms with Crippen molar-refractivity contribution in [1.82, 2.24) is 5.32 Å². The van der Waals surface area contributed by atoms with Crippen LogP contribution in [0.1, 0.15) is 25.3 Å². The summed E-state index contributed by atoms with van der Waals surface area (Å²) < 4.78 is 34.2. The Bertz CT molecular complexity index is 502. The standard InChI is InChI=1S/C14H16BrF2NO2/c1-14(17,11-3-2-9(15)8-12(11)16)13(19)18-10-4-6-20-7-5-10/h2-3,8,10H,4-7H2,1H3,(H,18,19). The highest BCUT2D eigenvalue weighted by Gasteiger charge is 2.38. The molecule has 1 heterocycles. The van der Waals surface area contributed by atoms with Crippen molar-refractivity contribution >= 4 is 21.8 Å². The molecule has 0 spiro atoms. The Balaban J connectivity index is 2.13. The Morgan fingerprint density at radius 3 is 2.70 bits per heavy atom. The molecule has 1 aliphatic heterocycles. The molecule has 1 aliphatic rings. The highest BCUT2D eigenvalue weighted by Crippen LogP contribution is 2.30. The molecule has 3 nitrogen and oxygen atoms in total. The van der Waals surface area contributed by atoms with Gasteiger partial charge in [0, 0.05) is 29.3 Å². The van der Waals surface area contributed by atoms with Gasteiger partial charge in [0.05, 0.1) is 0 Å². The molecular formula is C14H16BrF2NO2. The molecular weight excluding hydrogens is 332 g/mol. The van der Waals surface area contributed by atoms with E-state index in [0.717, 1.165) is 13.0 Å². The number of hydrogen-bond donors (Lipinski definition) is 1. The first-order valence-electron chi connectivity index (χ1n) is 6.44. The van der Waals surface area contributed by atoms with Gasteiger partial charge in [-0.15, -0.1) is 0 Å². The molecule has 0 aliphatic carbocycles. The highest BCUT2D eigenvalue weighted by atomic mass is 79.9. The van der Waals surface area contributed by atoms with Gasteiger partial charge in [0.25, 0.3) is 5.91 Å². The van der Waals surface area contributed by atoms with Crippen molar-refractivity contribution < 1.29 is 18.3 Å². The molecule has 1 saturated heterocycles. The van der Waals surface area contributed by atoms with Crippen LogP contribution < -0.4 is 5.32 Å². The molecule has 0 radical (unpaired) electrons. The molecule has 0 saturated carbocycles. The van der Waals surface area contributed by atoms with Crippen LogP contribution in [0, 0.1) is 5.82 Å². The minimum atomic E-state index is -2.40. The molecule has 6 heteroatoms. The number of amides is 1. The van der Waals surface area contributed by atoms with E-state index in [2.05, 4.69) is 21.2 Å². The van der Waals surface area contributed by atoms with Gasteiger partial charge in [0.1, 0.15) is 5.82 Å². The number of carbonyl (C=O) groups is 1. The van der Waals surface area contributed by atoms with E-state index >= 15 is 0 Å². The summed E-state index contributed by atoms with van der Waals surface area (Å²) in [6, 6.07) is 3.82. The number of alkyl halides is 1. The summed E-state index contributed by atoms with van der Waals surface area (Å²) in [6.45, 7) is 2.16. The summed E-state index contributed by atoms with van der Waals surface area (Å²) in [7, 11) is 0. The van der Waals surface area contributed by atoms with Crippen LogP contribution in [0.3, 0.4) is 0 Å². The van der Waals surface area contributed by atoms with Crippen LogP contribution in [-0.4, -0.2) is 25.2 Å². The summed E-state index contributed by atoms with van der Waals surface area (Å²) in [5, 5.41) is 2.63.